The Labute approximate surface area is 164 Å². The molecular weight excluding hydrogens is 378 g/mol. The van der Waals surface area contributed by atoms with Gasteiger partial charge in [-0.25, -0.2) is 13.4 Å². The molecule has 146 valence electrons. The number of anilines is 3. The summed E-state index contributed by atoms with van der Waals surface area (Å²) in [4.78, 5) is 4.33. The van der Waals surface area contributed by atoms with Crippen molar-refractivity contribution in [2.24, 2.45) is 0 Å². The van der Waals surface area contributed by atoms with Crippen LogP contribution in [0.1, 0.15) is 5.56 Å². The molecule has 3 rings (SSSR count). The monoisotopic (exact) mass is 399 g/mol. The Morgan fingerprint density at radius 2 is 1.61 bits per heavy atom. The van der Waals surface area contributed by atoms with Gasteiger partial charge < -0.3 is 14.8 Å². The standard InChI is InChI=1S/C20H21N3O4S/c1-14-4-10-18(27-3)19(12-14)28(24,25)23-16-7-11-20(21-13-16)22-15-5-8-17(26-2)9-6-15/h4-13,23H,1-3H3,(H,21,22). The second-order valence-corrected chi connectivity index (χ2v) is 7.70. The molecular formula is C20H21N3O4S. The minimum atomic E-state index is -3.81. The van der Waals surface area contributed by atoms with E-state index in [1.165, 1.54) is 13.3 Å². The van der Waals surface area contributed by atoms with Crippen molar-refractivity contribution in [1.29, 1.82) is 0 Å². The second kappa shape index (κ2) is 8.18. The highest BCUT2D eigenvalue weighted by atomic mass is 32.2. The summed E-state index contributed by atoms with van der Waals surface area (Å²) in [5.74, 6) is 1.62. The highest BCUT2D eigenvalue weighted by Crippen LogP contribution is 2.27. The number of methoxy groups -OCH3 is 2. The molecule has 3 aromatic rings. The van der Waals surface area contributed by atoms with E-state index >= 15 is 0 Å². The number of rotatable bonds is 7. The van der Waals surface area contributed by atoms with Crippen molar-refractivity contribution in [1.82, 2.24) is 4.98 Å². The van der Waals surface area contributed by atoms with Crippen LogP contribution < -0.4 is 19.5 Å². The largest absolute Gasteiger partial charge is 0.497 e. The zero-order valence-corrected chi connectivity index (χ0v) is 16.6. The van der Waals surface area contributed by atoms with Crippen molar-refractivity contribution < 1.29 is 17.9 Å². The Hall–Kier alpha value is -3.26. The first-order valence-electron chi connectivity index (χ1n) is 8.46. The number of benzene rings is 2. The van der Waals surface area contributed by atoms with E-state index in [4.69, 9.17) is 9.47 Å². The lowest BCUT2D eigenvalue weighted by molar-refractivity contribution is 0.402. The zero-order chi connectivity index (χ0) is 20.1. The van der Waals surface area contributed by atoms with Crippen molar-refractivity contribution in [2.45, 2.75) is 11.8 Å². The summed E-state index contributed by atoms with van der Waals surface area (Å²) in [6.45, 7) is 1.82. The molecule has 0 unspecified atom stereocenters. The molecule has 0 saturated carbocycles. The number of nitrogens with zero attached hydrogens (tertiary/aromatic N) is 1. The predicted molar refractivity (Wildman–Crippen MR) is 109 cm³/mol. The average Bonchev–Trinajstić information content (AvgIpc) is 2.70. The van der Waals surface area contributed by atoms with Crippen molar-refractivity contribution in [2.75, 3.05) is 24.3 Å². The molecule has 0 saturated heterocycles. The predicted octanol–water partition coefficient (Wildman–Crippen LogP) is 3.95. The van der Waals surface area contributed by atoms with Gasteiger partial charge in [-0.3, -0.25) is 4.72 Å². The van der Waals surface area contributed by atoms with E-state index in [1.807, 2.05) is 31.2 Å². The zero-order valence-electron chi connectivity index (χ0n) is 15.8. The van der Waals surface area contributed by atoms with Crippen LogP contribution in [0.15, 0.2) is 65.7 Å². The second-order valence-electron chi connectivity index (χ2n) is 6.05. The van der Waals surface area contributed by atoms with Gasteiger partial charge in [-0.15, -0.1) is 0 Å². The van der Waals surface area contributed by atoms with E-state index in [-0.39, 0.29) is 10.6 Å². The normalized spacial score (nSPS) is 11.0. The maximum absolute atomic E-state index is 12.7. The lowest BCUT2D eigenvalue weighted by Gasteiger charge is -2.12. The molecule has 1 heterocycles. The molecule has 2 aromatic carbocycles. The minimum Gasteiger partial charge on any atom is -0.497 e. The number of aryl methyl sites for hydroxylation is 1. The first-order chi connectivity index (χ1) is 13.4. The number of sulfonamides is 1. The lowest BCUT2D eigenvalue weighted by Crippen LogP contribution is -2.14. The van der Waals surface area contributed by atoms with Gasteiger partial charge in [-0.05, 0) is 61.0 Å². The summed E-state index contributed by atoms with van der Waals surface area (Å²) in [5, 5.41) is 3.14. The van der Waals surface area contributed by atoms with Gasteiger partial charge in [0.05, 0.1) is 26.1 Å². The van der Waals surface area contributed by atoms with E-state index in [0.29, 0.717) is 11.5 Å². The Balaban J connectivity index is 1.75. The van der Waals surface area contributed by atoms with E-state index in [1.54, 1.807) is 37.4 Å². The van der Waals surface area contributed by atoms with Crippen LogP contribution in [0, 0.1) is 6.92 Å². The highest BCUT2D eigenvalue weighted by Gasteiger charge is 2.20. The molecule has 0 spiro atoms. The summed E-state index contributed by atoms with van der Waals surface area (Å²) in [6, 6.07) is 15.7. The van der Waals surface area contributed by atoms with Crippen LogP contribution in [0.4, 0.5) is 17.2 Å². The number of ether oxygens (including phenoxy) is 2. The van der Waals surface area contributed by atoms with Crippen LogP contribution in [0.2, 0.25) is 0 Å². The quantitative estimate of drug-likeness (QED) is 0.625. The highest BCUT2D eigenvalue weighted by molar-refractivity contribution is 7.92. The van der Waals surface area contributed by atoms with Gasteiger partial charge in [0.2, 0.25) is 0 Å². The smallest absolute Gasteiger partial charge is 0.265 e. The minimum absolute atomic E-state index is 0.0791. The first kappa shape index (κ1) is 19.5. The summed E-state index contributed by atoms with van der Waals surface area (Å²) in [7, 11) is -0.765. The molecule has 0 aliphatic rings. The summed E-state index contributed by atoms with van der Waals surface area (Å²) < 4.78 is 38.3. The number of hydrogen-bond acceptors (Lipinski definition) is 6. The number of pyridine rings is 1. The van der Waals surface area contributed by atoms with E-state index < -0.39 is 10.0 Å². The van der Waals surface area contributed by atoms with E-state index in [9.17, 15) is 8.42 Å². The molecule has 1 aromatic heterocycles. The fourth-order valence-corrected chi connectivity index (χ4v) is 3.85. The van der Waals surface area contributed by atoms with Crippen LogP contribution in [-0.2, 0) is 10.0 Å². The van der Waals surface area contributed by atoms with Gasteiger partial charge in [-0.2, -0.15) is 0 Å². The molecule has 0 radical (unpaired) electrons. The van der Waals surface area contributed by atoms with Crippen LogP contribution >= 0.6 is 0 Å². The lowest BCUT2D eigenvalue weighted by atomic mass is 10.2. The Morgan fingerprint density at radius 1 is 0.893 bits per heavy atom. The van der Waals surface area contributed by atoms with Crippen LogP contribution in [0.5, 0.6) is 11.5 Å². The van der Waals surface area contributed by atoms with Crippen molar-refractivity contribution in [3.8, 4) is 11.5 Å². The first-order valence-corrected chi connectivity index (χ1v) is 9.94. The molecule has 0 aliphatic heterocycles. The summed E-state index contributed by atoms with van der Waals surface area (Å²) in [5.41, 5.74) is 2.01. The van der Waals surface area contributed by atoms with Crippen LogP contribution in [0.3, 0.4) is 0 Å². The molecule has 0 bridgehead atoms. The molecule has 8 heteroatoms. The molecule has 0 amide bonds. The van der Waals surface area contributed by atoms with Crippen LogP contribution in [0.25, 0.3) is 0 Å². The van der Waals surface area contributed by atoms with Gasteiger partial charge in [0.25, 0.3) is 10.0 Å². The Morgan fingerprint density at radius 3 is 2.21 bits per heavy atom. The number of aromatic nitrogens is 1. The molecule has 0 atom stereocenters. The van der Waals surface area contributed by atoms with Gasteiger partial charge in [0, 0.05) is 5.69 Å². The summed E-state index contributed by atoms with van der Waals surface area (Å²) >= 11 is 0. The van der Waals surface area contributed by atoms with E-state index in [0.717, 1.165) is 17.0 Å². The van der Waals surface area contributed by atoms with Crippen LogP contribution in [-0.4, -0.2) is 27.6 Å². The fourth-order valence-electron chi connectivity index (χ4n) is 2.55. The Kier molecular flexibility index (Phi) is 5.70. The topological polar surface area (TPSA) is 89.6 Å². The summed E-state index contributed by atoms with van der Waals surface area (Å²) in [6.07, 6.45) is 1.45. The number of nitrogens with one attached hydrogen (secondary N) is 2. The van der Waals surface area contributed by atoms with E-state index in [2.05, 4.69) is 15.0 Å². The van der Waals surface area contributed by atoms with Gasteiger partial charge in [0.15, 0.2) is 0 Å². The van der Waals surface area contributed by atoms with Crippen molar-refractivity contribution in [3.05, 3.63) is 66.4 Å². The van der Waals surface area contributed by atoms with Gasteiger partial charge >= 0.3 is 0 Å². The molecule has 0 fully saturated rings. The molecule has 2 N–H and O–H groups in total. The maximum Gasteiger partial charge on any atom is 0.265 e. The third kappa shape index (κ3) is 4.52. The molecule has 7 nitrogen and oxygen atoms in total. The third-order valence-corrected chi connectivity index (χ3v) is 5.39. The van der Waals surface area contributed by atoms with Gasteiger partial charge in [0.1, 0.15) is 22.2 Å². The van der Waals surface area contributed by atoms with Crippen molar-refractivity contribution >= 4 is 27.2 Å². The average molecular weight is 399 g/mol. The maximum atomic E-state index is 12.7. The SMILES string of the molecule is COc1ccc(Nc2ccc(NS(=O)(=O)c3cc(C)ccc3OC)cn2)cc1. The van der Waals surface area contributed by atoms with Crippen molar-refractivity contribution in [3.63, 3.8) is 0 Å². The fraction of sp³-hybridized carbons (Fsp3) is 0.150. The molecule has 28 heavy (non-hydrogen) atoms. The third-order valence-electron chi connectivity index (χ3n) is 3.99. The molecule has 0 aliphatic carbocycles. The van der Waals surface area contributed by atoms with Gasteiger partial charge in [-0.1, -0.05) is 6.07 Å². The Bertz CT molecular complexity index is 1050. The number of hydrogen-bond donors (Lipinski definition) is 2.